The van der Waals surface area contributed by atoms with E-state index in [1.165, 1.54) is 43.0 Å². The van der Waals surface area contributed by atoms with Gasteiger partial charge >= 0.3 is 0 Å². The minimum Gasteiger partial charge on any atom is -0.362 e. The van der Waals surface area contributed by atoms with Gasteiger partial charge in [0.15, 0.2) is 5.17 Å². The molecule has 0 spiro atoms. The molecule has 1 aliphatic heterocycles. The summed E-state index contributed by atoms with van der Waals surface area (Å²) in [6.07, 6.45) is 6.82. The summed E-state index contributed by atoms with van der Waals surface area (Å²) in [7, 11) is 0. The highest BCUT2D eigenvalue weighted by Crippen LogP contribution is 2.26. The van der Waals surface area contributed by atoms with Gasteiger partial charge in [0.05, 0.1) is 6.04 Å². The smallest absolute Gasteiger partial charge is 0.157 e. The minimum absolute atomic E-state index is 0.534. The lowest BCUT2D eigenvalue weighted by Crippen LogP contribution is -2.32. The molecule has 1 fully saturated rings. The summed E-state index contributed by atoms with van der Waals surface area (Å²) in [6.45, 7) is 6.93. The van der Waals surface area contributed by atoms with Gasteiger partial charge in [-0.05, 0) is 31.1 Å². The second-order valence-corrected chi connectivity index (χ2v) is 7.02. The monoisotopic (exact) mass is 254 g/mol. The number of hydrogen-bond acceptors (Lipinski definition) is 3. The Hall–Kier alpha value is -0.180. The first-order valence-electron chi connectivity index (χ1n) is 7.12. The summed E-state index contributed by atoms with van der Waals surface area (Å²) < 4.78 is 0. The number of thioether (sulfide) groups is 1. The maximum absolute atomic E-state index is 4.80. The quantitative estimate of drug-likeness (QED) is 0.760. The predicted molar refractivity (Wildman–Crippen MR) is 77.7 cm³/mol. The lowest BCUT2D eigenvalue weighted by Gasteiger charge is -2.16. The van der Waals surface area contributed by atoms with Crippen LogP contribution in [0.1, 0.15) is 52.9 Å². The van der Waals surface area contributed by atoms with Crippen LogP contribution >= 0.6 is 11.8 Å². The zero-order chi connectivity index (χ0) is 12.3. The first-order chi connectivity index (χ1) is 8.15. The van der Waals surface area contributed by atoms with Gasteiger partial charge < -0.3 is 5.32 Å². The van der Waals surface area contributed by atoms with E-state index in [1.54, 1.807) is 0 Å². The topological polar surface area (TPSA) is 24.4 Å². The van der Waals surface area contributed by atoms with Gasteiger partial charge in [-0.25, -0.2) is 0 Å². The third-order valence-corrected chi connectivity index (χ3v) is 5.03. The van der Waals surface area contributed by atoms with Crippen LogP contribution in [0.5, 0.6) is 0 Å². The van der Waals surface area contributed by atoms with Gasteiger partial charge in [0, 0.05) is 11.8 Å². The van der Waals surface area contributed by atoms with E-state index >= 15 is 0 Å². The zero-order valence-corrected chi connectivity index (χ0v) is 12.2. The third-order valence-electron chi connectivity index (χ3n) is 4.03. The van der Waals surface area contributed by atoms with Gasteiger partial charge in [-0.2, -0.15) is 0 Å². The number of rotatable bonds is 2. The van der Waals surface area contributed by atoms with Crippen LogP contribution < -0.4 is 5.32 Å². The number of nitrogens with one attached hydrogen (secondary N) is 1. The number of nitrogens with zero attached hydrogens (tertiary/aromatic N) is 1. The minimum atomic E-state index is 0.534. The molecule has 0 amide bonds. The van der Waals surface area contributed by atoms with Gasteiger partial charge in [-0.3, -0.25) is 4.99 Å². The fourth-order valence-corrected chi connectivity index (χ4v) is 3.86. The number of amidine groups is 1. The molecule has 3 unspecified atom stereocenters. The number of hydrogen-bond donors (Lipinski definition) is 1. The Balaban J connectivity index is 1.83. The Kier molecular flexibility index (Phi) is 4.78. The van der Waals surface area contributed by atoms with E-state index in [0.717, 1.165) is 5.92 Å². The Morgan fingerprint density at radius 3 is 2.76 bits per heavy atom. The molecule has 0 saturated heterocycles. The predicted octanol–water partition coefficient (Wildman–Crippen LogP) is 3.67. The van der Waals surface area contributed by atoms with Crippen molar-refractivity contribution in [1.29, 1.82) is 0 Å². The molecule has 0 aromatic rings. The van der Waals surface area contributed by atoms with Crippen molar-refractivity contribution in [2.24, 2.45) is 16.8 Å². The fraction of sp³-hybridized carbons (Fsp3) is 0.929. The van der Waals surface area contributed by atoms with Crippen LogP contribution in [0.4, 0.5) is 0 Å². The molecule has 0 aromatic carbocycles. The highest BCUT2D eigenvalue weighted by Gasteiger charge is 2.23. The van der Waals surface area contributed by atoms with Crippen LogP contribution in [0.3, 0.4) is 0 Å². The SMILES string of the molecule is CC1CCCC(NC2=NC(C(C)C)CS2)CC1. The highest BCUT2D eigenvalue weighted by molar-refractivity contribution is 8.14. The lowest BCUT2D eigenvalue weighted by molar-refractivity contribution is 0.489. The first-order valence-corrected chi connectivity index (χ1v) is 8.11. The molecule has 1 saturated carbocycles. The van der Waals surface area contributed by atoms with E-state index in [1.807, 2.05) is 11.8 Å². The van der Waals surface area contributed by atoms with E-state index < -0.39 is 0 Å². The van der Waals surface area contributed by atoms with E-state index in [4.69, 9.17) is 4.99 Å². The maximum Gasteiger partial charge on any atom is 0.157 e. The van der Waals surface area contributed by atoms with Gasteiger partial charge in [0.1, 0.15) is 0 Å². The Morgan fingerprint density at radius 1 is 1.24 bits per heavy atom. The Morgan fingerprint density at radius 2 is 2.06 bits per heavy atom. The van der Waals surface area contributed by atoms with Gasteiger partial charge in [-0.15, -0.1) is 0 Å². The molecule has 1 N–H and O–H groups in total. The largest absolute Gasteiger partial charge is 0.362 e. The van der Waals surface area contributed by atoms with Crippen molar-refractivity contribution in [2.45, 2.75) is 65.0 Å². The normalized spacial score (nSPS) is 34.6. The van der Waals surface area contributed by atoms with Crippen LogP contribution in [0.25, 0.3) is 0 Å². The molecule has 2 aliphatic rings. The van der Waals surface area contributed by atoms with Gasteiger partial charge in [-0.1, -0.05) is 45.4 Å². The van der Waals surface area contributed by atoms with Crippen molar-refractivity contribution in [2.75, 3.05) is 5.75 Å². The Labute approximate surface area is 110 Å². The summed E-state index contributed by atoms with van der Waals surface area (Å²) in [5.41, 5.74) is 0. The molecule has 2 nitrogen and oxygen atoms in total. The summed E-state index contributed by atoms with van der Waals surface area (Å²) in [6, 6.07) is 1.21. The van der Waals surface area contributed by atoms with Crippen molar-refractivity contribution in [1.82, 2.24) is 5.32 Å². The standard InChI is InChI=1S/C14H26N2S/c1-10(2)13-9-17-14(16-13)15-12-6-4-5-11(3)7-8-12/h10-13H,4-9H2,1-3H3,(H,15,16). The van der Waals surface area contributed by atoms with Gasteiger partial charge in [0.2, 0.25) is 0 Å². The number of aliphatic imine (C=N–C) groups is 1. The van der Waals surface area contributed by atoms with Crippen molar-refractivity contribution >= 4 is 16.9 Å². The molecule has 3 heteroatoms. The second-order valence-electron chi connectivity index (χ2n) is 6.01. The van der Waals surface area contributed by atoms with Crippen LogP contribution in [0.2, 0.25) is 0 Å². The van der Waals surface area contributed by atoms with E-state index in [0.29, 0.717) is 18.0 Å². The van der Waals surface area contributed by atoms with Crippen LogP contribution in [0.15, 0.2) is 4.99 Å². The molecule has 98 valence electrons. The zero-order valence-electron chi connectivity index (χ0n) is 11.4. The van der Waals surface area contributed by atoms with E-state index in [9.17, 15) is 0 Å². The first kappa shape index (κ1) is 13.3. The molecule has 0 bridgehead atoms. The highest BCUT2D eigenvalue weighted by atomic mass is 32.2. The van der Waals surface area contributed by atoms with Crippen molar-refractivity contribution in [3.63, 3.8) is 0 Å². The molecule has 1 heterocycles. The summed E-state index contributed by atoms with van der Waals surface area (Å²) in [5.74, 6) is 2.77. The van der Waals surface area contributed by atoms with Crippen molar-refractivity contribution in [3.05, 3.63) is 0 Å². The molecule has 2 rings (SSSR count). The van der Waals surface area contributed by atoms with E-state index in [2.05, 4.69) is 26.1 Å². The Bertz CT molecular complexity index is 275. The average molecular weight is 254 g/mol. The summed E-state index contributed by atoms with van der Waals surface area (Å²) in [4.78, 5) is 4.80. The molecular formula is C14H26N2S. The van der Waals surface area contributed by atoms with Gasteiger partial charge in [0.25, 0.3) is 0 Å². The summed E-state index contributed by atoms with van der Waals surface area (Å²) in [5, 5.41) is 4.89. The average Bonchev–Trinajstić information content (AvgIpc) is 2.65. The molecule has 1 aliphatic carbocycles. The lowest BCUT2D eigenvalue weighted by atomic mass is 10.0. The molecule has 0 aromatic heterocycles. The molecular weight excluding hydrogens is 228 g/mol. The van der Waals surface area contributed by atoms with Crippen molar-refractivity contribution in [3.8, 4) is 0 Å². The molecule has 17 heavy (non-hydrogen) atoms. The molecule has 0 radical (unpaired) electrons. The third kappa shape index (κ3) is 3.90. The molecule has 3 atom stereocenters. The summed E-state index contributed by atoms with van der Waals surface area (Å²) >= 11 is 1.92. The second kappa shape index (κ2) is 6.12. The van der Waals surface area contributed by atoms with Crippen molar-refractivity contribution < 1.29 is 0 Å². The van der Waals surface area contributed by atoms with Crippen LogP contribution in [-0.4, -0.2) is 23.0 Å². The van der Waals surface area contributed by atoms with E-state index in [-0.39, 0.29) is 0 Å². The maximum atomic E-state index is 4.80. The van der Waals surface area contributed by atoms with Crippen LogP contribution in [0, 0.1) is 11.8 Å². The fourth-order valence-electron chi connectivity index (χ4n) is 2.62. The van der Waals surface area contributed by atoms with Crippen LogP contribution in [-0.2, 0) is 0 Å².